The van der Waals surface area contributed by atoms with Crippen molar-refractivity contribution in [1.82, 2.24) is 15.2 Å². The van der Waals surface area contributed by atoms with E-state index in [-0.39, 0.29) is 11.5 Å². The number of nitrogens with zero attached hydrogens (tertiary/aromatic N) is 3. The van der Waals surface area contributed by atoms with Gasteiger partial charge in [0, 0.05) is 4.47 Å². The molecule has 2 rings (SSSR count). The van der Waals surface area contributed by atoms with E-state index in [9.17, 15) is 4.79 Å². The molecule has 0 saturated carbocycles. The predicted molar refractivity (Wildman–Crippen MR) is 72.7 cm³/mol. The molecular formula is C11H10BrN5O. The zero-order chi connectivity index (χ0) is 13.0. The summed E-state index contributed by atoms with van der Waals surface area (Å²) in [5.41, 5.74) is 3.55. The first-order chi connectivity index (χ1) is 8.65. The highest BCUT2D eigenvalue weighted by Crippen LogP contribution is 2.09. The fourth-order valence-corrected chi connectivity index (χ4v) is 1.62. The van der Waals surface area contributed by atoms with Crippen LogP contribution in [0.4, 0.5) is 5.95 Å². The van der Waals surface area contributed by atoms with Gasteiger partial charge in [0.1, 0.15) is 5.69 Å². The minimum Gasteiger partial charge on any atom is -0.288 e. The molecule has 1 aromatic heterocycles. The maximum absolute atomic E-state index is 11.3. The van der Waals surface area contributed by atoms with E-state index in [1.54, 1.807) is 13.1 Å². The zero-order valence-electron chi connectivity index (χ0n) is 9.51. The van der Waals surface area contributed by atoms with E-state index in [1.807, 2.05) is 24.3 Å². The number of aryl methyl sites for hydroxylation is 1. The molecule has 0 spiro atoms. The Bertz CT molecular complexity index is 637. The Hall–Kier alpha value is -2.02. The predicted octanol–water partition coefficient (Wildman–Crippen LogP) is 1.68. The van der Waals surface area contributed by atoms with Gasteiger partial charge in [0.25, 0.3) is 5.56 Å². The second-order valence-electron chi connectivity index (χ2n) is 3.51. The Morgan fingerprint density at radius 3 is 3.00 bits per heavy atom. The van der Waals surface area contributed by atoms with Crippen molar-refractivity contribution in [2.24, 2.45) is 5.10 Å². The summed E-state index contributed by atoms with van der Waals surface area (Å²) in [6.45, 7) is 1.58. The van der Waals surface area contributed by atoms with Crippen molar-refractivity contribution in [2.45, 2.75) is 6.92 Å². The van der Waals surface area contributed by atoms with E-state index in [4.69, 9.17) is 0 Å². The fourth-order valence-electron chi connectivity index (χ4n) is 1.20. The van der Waals surface area contributed by atoms with E-state index < -0.39 is 0 Å². The molecule has 1 heterocycles. The molecule has 0 unspecified atom stereocenters. The quantitative estimate of drug-likeness (QED) is 0.667. The van der Waals surface area contributed by atoms with Crippen LogP contribution < -0.4 is 11.0 Å². The number of nitrogens with one attached hydrogen (secondary N) is 2. The van der Waals surface area contributed by atoms with Gasteiger partial charge >= 0.3 is 0 Å². The van der Waals surface area contributed by atoms with E-state index in [1.165, 1.54) is 0 Å². The third-order valence-corrected chi connectivity index (χ3v) is 2.59. The van der Waals surface area contributed by atoms with E-state index in [0.717, 1.165) is 10.0 Å². The highest BCUT2D eigenvalue weighted by molar-refractivity contribution is 9.10. The van der Waals surface area contributed by atoms with Gasteiger partial charge in [-0.1, -0.05) is 28.1 Å². The van der Waals surface area contributed by atoms with Gasteiger partial charge in [-0.25, -0.2) is 5.43 Å². The van der Waals surface area contributed by atoms with Gasteiger partial charge in [-0.05, 0) is 24.6 Å². The van der Waals surface area contributed by atoms with Crippen LogP contribution in [0.5, 0.6) is 0 Å². The van der Waals surface area contributed by atoms with Gasteiger partial charge in [-0.3, -0.25) is 9.78 Å². The number of hydrazone groups is 1. The van der Waals surface area contributed by atoms with Crippen LogP contribution in [0.3, 0.4) is 0 Å². The van der Waals surface area contributed by atoms with Crippen LogP contribution in [0, 0.1) is 6.92 Å². The Kier molecular flexibility index (Phi) is 3.83. The number of aromatic nitrogens is 3. The molecule has 1 aromatic carbocycles. The van der Waals surface area contributed by atoms with Crippen LogP contribution in [0.15, 0.2) is 38.6 Å². The lowest BCUT2D eigenvalue weighted by Gasteiger charge is -1.98. The first-order valence-electron chi connectivity index (χ1n) is 5.13. The lowest BCUT2D eigenvalue weighted by atomic mass is 10.2. The van der Waals surface area contributed by atoms with Crippen molar-refractivity contribution in [3.8, 4) is 0 Å². The van der Waals surface area contributed by atoms with Crippen LogP contribution >= 0.6 is 15.9 Å². The monoisotopic (exact) mass is 307 g/mol. The van der Waals surface area contributed by atoms with Crippen molar-refractivity contribution >= 4 is 28.1 Å². The number of hydrogen-bond acceptors (Lipinski definition) is 5. The van der Waals surface area contributed by atoms with Gasteiger partial charge < -0.3 is 0 Å². The van der Waals surface area contributed by atoms with Gasteiger partial charge in [-0.15, -0.1) is 10.2 Å². The van der Waals surface area contributed by atoms with Gasteiger partial charge in [-0.2, -0.15) is 5.10 Å². The second kappa shape index (κ2) is 5.54. The van der Waals surface area contributed by atoms with E-state index in [0.29, 0.717) is 5.69 Å². The molecule has 0 aliphatic rings. The van der Waals surface area contributed by atoms with Crippen LogP contribution in [-0.4, -0.2) is 21.4 Å². The molecule has 18 heavy (non-hydrogen) atoms. The number of anilines is 1. The first-order valence-corrected chi connectivity index (χ1v) is 5.93. The normalized spacial score (nSPS) is 10.8. The molecule has 6 nitrogen and oxygen atoms in total. The minimum absolute atomic E-state index is 0.205. The lowest BCUT2D eigenvalue weighted by molar-refractivity contribution is 0.897. The molecule has 2 aromatic rings. The molecule has 0 aliphatic heterocycles. The third-order valence-electron chi connectivity index (χ3n) is 2.09. The topological polar surface area (TPSA) is 83.0 Å². The number of hydrogen-bond donors (Lipinski definition) is 2. The summed E-state index contributed by atoms with van der Waals surface area (Å²) >= 11 is 3.36. The maximum Gasteiger partial charge on any atom is 0.274 e. The molecule has 0 bridgehead atoms. The molecule has 0 saturated heterocycles. The first kappa shape index (κ1) is 12.4. The molecule has 0 atom stereocenters. The number of halogens is 1. The number of aromatic amines is 1. The Morgan fingerprint density at radius 2 is 2.28 bits per heavy atom. The lowest BCUT2D eigenvalue weighted by Crippen LogP contribution is -2.15. The standard InChI is InChI=1S/C11H10BrN5O/c1-7-10(18)14-11(17-15-7)16-13-6-8-3-2-4-9(12)5-8/h2-6H,1H3,(H2,14,16,17,18)/b13-6+. The molecule has 0 aliphatic carbocycles. The summed E-state index contributed by atoms with van der Waals surface area (Å²) < 4.78 is 0.968. The average Bonchev–Trinajstić information content (AvgIpc) is 2.34. The minimum atomic E-state index is -0.287. The largest absolute Gasteiger partial charge is 0.288 e. The second-order valence-corrected chi connectivity index (χ2v) is 4.43. The summed E-state index contributed by atoms with van der Waals surface area (Å²) in [5, 5.41) is 11.4. The average molecular weight is 308 g/mol. The van der Waals surface area contributed by atoms with Gasteiger partial charge in [0.05, 0.1) is 6.21 Å². The van der Waals surface area contributed by atoms with E-state index in [2.05, 4.69) is 41.6 Å². The van der Waals surface area contributed by atoms with Gasteiger partial charge in [0.2, 0.25) is 5.95 Å². The van der Waals surface area contributed by atoms with Crippen molar-refractivity contribution in [3.63, 3.8) is 0 Å². The Balaban J connectivity index is 2.07. The van der Waals surface area contributed by atoms with Crippen LogP contribution in [0.1, 0.15) is 11.3 Å². The smallest absolute Gasteiger partial charge is 0.274 e. The Morgan fingerprint density at radius 1 is 1.44 bits per heavy atom. The van der Waals surface area contributed by atoms with Crippen LogP contribution in [0.25, 0.3) is 0 Å². The summed E-state index contributed by atoms with van der Waals surface area (Å²) in [7, 11) is 0. The number of benzene rings is 1. The van der Waals surface area contributed by atoms with Crippen molar-refractivity contribution in [2.75, 3.05) is 5.43 Å². The Labute approximate surface area is 111 Å². The summed E-state index contributed by atoms with van der Waals surface area (Å²) in [4.78, 5) is 13.8. The molecule has 92 valence electrons. The fraction of sp³-hybridized carbons (Fsp3) is 0.0909. The van der Waals surface area contributed by atoms with Crippen molar-refractivity contribution in [1.29, 1.82) is 0 Å². The third kappa shape index (κ3) is 3.24. The molecule has 7 heteroatoms. The van der Waals surface area contributed by atoms with E-state index >= 15 is 0 Å². The van der Waals surface area contributed by atoms with Gasteiger partial charge in [0.15, 0.2) is 0 Å². The number of rotatable bonds is 3. The number of H-pyrrole nitrogens is 1. The highest BCUT2D eigenvalue weighted by Gasteiger charge is 1.97. The summed E-state index contributed by atoms with van der Waals surface area (Å²) in [5.74, 6) is 0.205. The summed E-state index contributed by atoms with van der Waals surface area (Å²) in [6.07, 6.45) is 1.62. The van der Waals surface area contributed by atoms with Crippen molar-refractivity contribution in [3.05, 3.63) is 50.3 Å². The maximum atomic E-state index is 11.3. The van der Waals surface area contributed by atoms with Crippen LogP contribution in [-0.2, 0) is 0 Å². The zero-order valence-corrected chi connectivity index (χ0v) is 11.1. The summed E-state index contributed by atoms with van der Waals surface area (Å²) in [6, 6.07) is 7.64. The molecule has 0 fully saturated rings. The van der Waals surface area contributed by atoms with Crippen molar-refractivity contribution < 1.29 is 0 Å². The molecule has 2 N–H and O–H groups in total. The molecular weight excluding hydrogens is 298 g/mol. The molecule has 0 radical (unpaired) electrons. The molecule has 0 amide bonds. The van der Waals surface area contributed by atoms with Crippen LogP contribution in [0.2, 0.25) is 0 Å². The highest BCUT2D eigenvalue weighted by atomic mass is 79.9. The SMILES string of the molecule is Cc1nnc(N/N=C/c2cccc(Br)c2)[nH]c1=O.